The Morgan fingerprint density at radius 1 is 0.633 bits per heavy atom. The molecule has 0 N–H and O–H groups in total. The maximum atomic E-state index is 4.24. The summed E-state index contributed by atoms with van der Waals surface area (Å²) in [6, 6.07) is 30.3. The zero-order chi connectivity index (χ0) is 21.1. The number of rotatable bonds is 2. The summed E-state index contributed by atoms with van der Waals surface area (Å²) in [5.41, 5.74) is 8.66. The van der Waals surface area contributed by atoms with Crippen LogP contribution in [0.2, 0.25) is 0 Å². The van der Waals surface area contributed by atoms with Crippen molar-refractivity contribution in [1.29, 1.82) is 0 Å². The predicted octanol–water partition coefficient (Wildman–Crippen LogP) is 7.88. The van der Waals surface area contributed by atoms with Crippen LogP contribution < -0.4 is 4.90 Å². The highest BCUT2D eigenvalue weighted by molar-refractivity contribution is 5.86. The van der Waals surface area contributed by atoms with Gasteiger partial charge in [0.15, 0.2) is 0 Å². The highest BCUT2D eigenvalue weighted by atomic mass is 15.2. The molecule has 0 radical (unpaired) electrons. The number of benzene rings is 3. The Bertz CT molecular complexity index is 1080. The van der Waals surface area contributed by atoms with Crippen molar-refractivity contribution < 1.29 is 0 Å². The molecular weight excluding hydrogens is 364 g/mol. The number of para-hydroxylation sites is 2. The Morgan fingerprint density at radius 3 is 1.73 bits per heavy atom. The topological polar surface area (TPSA) is 16.1 Å². The van der Waals surface area contributed by atoms with Gasteiger partial charge in [0.2, 0.25) is 0 Å². The van der Waals surface area contributed by atoms with Gasteiger partial charge in [-0.15, -0.1) is 0 Å². The van der Waals surface area contributed by atoms with Crippen LogP contribution in [0.3, 0.4) is 0 Å². The largest absolute Gasteiger partial charge is 0.310 e. The van der Waals surface area contributed by atoms with Gasteiger partial charge in [-0.3, -0.25) is 4.98 Å². The molecule has 30 heavy (non-hydrogen) atoms. The average molecular weight is 393 g/mol. The minimum atomic E-state index is -0.0284. The van der Waals surface area contributed by atoms with E-state index in [1.54, 1.807) is 6.20 Å². The van der Waals surface area contributed by atoms with Gasteiger partial charge in [0.05, 0.1) is 11.4 Å². The van der Waals surface area contributed by atoms with Crippen molar-refractivity contribution in [2.45, 2.75) is 33.1 Å². The Morgan fingerprint density at radius 2 is 1.20 bits per heavy atom. The summed E-state index contributed by atoms with van der Waals surface area (Å²) in [4.78, 5) is 6.62. The number of anilines is 3. The predicted molar refractivity (Wildman–Crippen MR) is 128 cm³/mol. The third-order valence-electron chi connectivity index (χ3n) is 5.76. The van der Waals surface area contributed by atoms with Crippen molar-refractivity contribution in [3.8, 4) is 11.1 Å². The fraction of sp³-hybridized carbons (Fsp3) is 0.179. The number of hydrogen-bond donors (Lipinski definition) is 0. The van der Waals surface area contributed by atoms with E-state index in [4.69, 9.17) is 0 Å². The highest BCUT2D eigenvalue weighted by Gasteiger charge is 2.36. The van der Waals surface area contributed by atoms with E-state index in [0.29, 0.717) is 0 Å². The van der Waals surface area contributed by atoms with E-state index in [1.165, 1.54) is 33.8 Å². The van der Waals surface area contributed by atoms with Gasteiger partial charge < -0.3 is 4.90 Å². The molecule has 0 saturated carbocycles. The van der Waals surface area contributed by atoms with E-state index < -0.39 is 0 Å². The van der Waals surface area contributed by atoms with Crippen LogP contribution in [0.4, 0.5) is 17.1 Å². The number of fused-ring (bicyclic) bond motifs is 2. The first kappa shape index (κ1) is 19.9. The first-order valence-corrected chi connectivity index (χ1v) is 10.7. The Labute approximate surface area is 179 Å². The number of aromatic nitrogens is 1. The lowest BCUT2D eigenvalue weighted by molar-refractivity contribution is 0.632. The van der Waals surface area contributed by atoms with Gasteiger partial charge in [0.1, 0.15) is 0 Å². The Balaban J connectivity index is 0.00000106. The lowest BCUT2D eigenvalue weighted by Gasteiger charge is -2.42. The molecule has 0 fully saturated rings. The van der Waals surface area contributed by atoms with Crippen LogP contribution >= 0.6 is 0 Å². The first-order valence-electron chi connectivity index (χ1n) is 10.7. The van der Waals surface area contributed by atoms with Gasteiger partial charge in [0, 0.05) is 23.5 Å². The van der Waals surface area contributed by atoms with Crippen LogP contribution in [0, 0.1) is 0 Å². The summed E-state index contributed by atoms with van der Waals surface area (Å²) < 4.78 is 0. The van der Waals surface area contributed by atoms with Gasteiger partial charge >= 0.3 is 0 Å². The van der Waals surface area contributed by atoms with Crippen molar-refractivity contribution in [3.63, 3.8) is 0 Å². The van der Waals surface area contributed by atoms with Crippen LogP contribution in [0.5, 0.6) is 0 Å². The van der Waals surface area contributed by atoms with E-state index in [9.17, 15) is 0 Å². The van der Waals surface area contributed by atoms with Crippen LogP contribution in [0.1, 0.15) is 38.8 Å². The van der Waals surface area contributed by atoms with Crippen LogP contribution in [-0.4, -0.2) is 4.98 Å². The molecule has 0 unspecified atom stereocenters. The van der Waals surface area contributed by atoms with E-state index >= 15 is 0 Å². The lowest BCUT2D eigenvalue weighted by Crippen LogP contribution is -2.30. The molecule has 4 aromatic rings. The fourth-order valence-corrected chi connectivity index (χ4v) is 4.28. The molecule has 0 bridgehead atoms. The maximum absolute atomic E-state index is 4.24. The number of nitrogens with zero attached hydrogens (tertiary/aromatic N) is 2. The molecule has 1 aliphatic heterocycles. The quantitative estimate of drug-likeness (QED) is 0.345. The second-order valence-corrected chi connectivity index (χ2v) is 7.78. The van der Waals surface area contributed by atoms with Crippen molar-refractivity contribution in [2.24, 2.45) is 0 Å². The fourth-order valence-electron chi connectivity index (χ4n) is 4.28. The smallest absolute Gasteiger partial charge is 0.0502 e. The molecule has 1 aromatic heterocycles. The SMILES string of the molecule is CC.CC1(C)c2ccccc2N(c2ccc(-c3cccnc3)cc2)c2ccccc21. The number of pyridine rings is 1. The first-order chi connectivity index (χ1) is 14.7. The molecule has 2 heterocycles. The second-order valence-electron chi connectivity index (χ2n) is 7.78. The summed E-state index contributed by atoms with van der Waals surface area (Å²) in [5, 5.41) is 0. The molecule has 0 aliphatic carbocycles. The average Bonchev–Trinajstić information content (AvgIpc) is 2.82. The van der Waals surface area contributed by atoms with Crippen molar-refractivity contribution in [3.05, 3.63) is 108 Å². The van der Waals surface area contributed by atoms with Crippen LogP contribution in [-0.2, 0) is 5.41 Å². The standard InChI is InChI=1S/C26H22N2.C2H6/c1-26(2)22-9-3-5-11-24(22)28(25-12-6-4-10-23(25)26)21-15-13-19(14-16-21)20-8-7-17-27-18-20;1-2/h3-18H,1-2H3;1-2H3. The van der Waals surface area contributed by atoms with Crippen LogP contribution in [0.25, 0.3) is 11.1 Å². The Kier molecular flexibility index (Phi) is 5.41. The summed E-state index contributed by atoms with van der Waals surface area (Å²) >= 11 is 0. The lowest BCUT2D eigenvalue weighted by atomic mass is 9.73. The van der Waals surface area contributed by atoms with E-state index in [1.807, 2.05) is 26.1 Å². The Hall–Kier alpha value is -3.39. The van der Waals surface area contributed by atoms with E-state index in [0.717, 1.165) is 5.56 Å². The molecule has 3 aromatic carbocycles. The minimum absolute atomic E-state index is 0.0284. The van der Waals surface area contributed by atoms with Crippen molar-refractivity contribution in [1.82, 2.24) is 4.98 Å². The van der Waals surface area contributed by atoms with Gasteiger partial charge in [-0.2, -0.15) is 0 Å². The third-order valence-corrected chi connectivity index (χ3v) is 5.76. The minimum Gasteiger partial charge on any atom is -0.310 e. The molecule has 0 atom stereocenters. The molecule has 5 rings (SSSR count). The zero-order valence-corrected chi connectivity index (χ0v) is 18.1. The van der Waals surface area contributed by atoms with Gasteiger partial charge in [0.25, 0.3) is 0 Å². The van der Waals surface area contributed by atoms with E-state index in [2.05, 4.69) is 103 Å². The van der Waals surface area contributed by atoms with E-state index in [-0.39, 0.29) is 5.41 Å². The zero-order valence-electron chi connectivity index (χ0n) is 18.1. The molecule has 150 valence electrons. The van der Waals surface area contributed by atoms with Crippen LogP contribution in [0.15, 0.2) is 97.3 Å². The molecule has 2 nitrogen and oxygen atoms in total. The monoisotopic (exact) mass is 392 g/mol. The normalized spacial score (nSPS) is 13.5. The maximum Gasteiger partial charge on any atom is 0.0502 e. The molecule has 2 heteroatoms. The van der Waals surface area contributed by atoms with Gasteiger partial charge in [-0.1, -0.05) is 82.3 Å². The van der Waals surface area contributed by atoms with Crippen molar-refractivity contribution in [2.75, 3.05) is 4.90 Å². The second kappa shape index (κ2) is 8.16. The highest BCUT2D eigenvalue weighted by Crippen LogP contribution is 2.51. The summed E-state index contributed by atoms with van der Waals surface area (Å²) in [5.74, 6) is 0. The summed E-state index contributed by atoms with van der Waals surface area (Å²) in [6.07, 6.45) is 3.71. The third kappa shape index (κ3) is 3.29. The van der Waals surface area contributed by atoms with Gasteiger partial charge in [-0.05, 0) is 52.6 Å². The molecule has 0 amide bonds. The number of hydrogen-bond acceptors (Lipinski definition) is 2. The summed E-state index contributed by atoms with van der Waals surface area (Å²) in [6.45, 7) is 8.63. The molecule has 0 spiro atoms. The molecule has 1 aliphatic rings. The summed E-state index contributed by atoms with van der Waals surface area (Å²) in [7, 11) is 0. The van der Waals surface area contributed by atoms with Gasteiger partial charge in [-0.25, -0.2) is 0 Å². The molecule has 0 saturated heterocycles. The van der Waals surface area contributed by atoms with Crippen molar-refractivity contribution >= 4 is 17.1 Å². The molecular formula is C28H28N2.